The number of nitrogens with one attached hydrogen (secondary N) is 1. The molecule has 2 rings (SSSR count). The summed E-state index contributed by atoms with van der Waals surface area (Å²) in [6.45, 7) is 6.31. The smallest absolute Gasteiger partial charge is 0.328 e. The molecule has 0 aliphatic rings. The fourth-order valence-electron chi connectivity index (χ4n) is 2.43. The highest BCUT2D eigenvalue weighted by molar-refractivity contribution is 5.88. The zero-order valence-corrected chi connectivity index (χ0v) is 15.3. The third kappa shape index (κ3) is 3.58. The second-order valence-electron chi connectivity index (χ2n) is 6.48. The first-order valence-electron chi connectivity index (χ1n) is 7.99. The van der Waals surface area contributed by atoms with Crippen molar-refractivity contribution < 1.29 is 23.1 Å². The van der Waals surface area contributed by atoms with Crippen molar-refractivity contribution in [1.29, 1.82) is 0 Å². The maximum atomic E-state index is 14.1. The van der Waals surface area contributed by atoms with Crippen LogP contribution < -0.4 is 5.32 Å². The van der Waals surface area contributed by atoms with E-state index in [1.54, 1.807) is 20.8 Å². The molecule has 1 atom stereocenters. The number of rotatable bonds is 5. The molecule has 0 radical (unpaired) electrons. The van der Waals surface area contributed by atoms with Crippen molar-refractivity contribution >= 4 is 11.9 Å². The van der Waals surface area contributed by atoms with E-state index >= 15 is 0 Å². The molecule has 1 amide bonds. The third-order valence-electron chi connectivity index (χ3n) is 4.13. The Balaban J connectivity index is 2.37. The SMILES string of the molecule is COC(=O)C(C)NC(=O)C(C)(C)n1cc(C)c(-c2c(F)cccc2F)n1. The van der Waals surface area contributed by atoms with Gasteiger partial charge < -0.3 is 10.1 Å². The number of carbonyl (C=O) groups is 2. The Morgan fingerprint density at radius 1 is 1.27 bits per heavy atom. The lowest BCUT2D eigenvalue weighted by atomic mass is 10.0. The summed E-state index contributed by atoms with van der Waals surface area (Å²) >= 11 is 0. The predicted molar refractivity (Wildman–Crippen MR) is 91.3 cm³/mol. The van der Waals surface area contributed by atoms with Crippen LogP contribution in [0.1, 0.15) is 26.3 Å². The molecule has 1 aromatic carbocycles. The van der Waals surface area contributed by atoms with Crippen molar-refractivity contribution in [2.45, 2.75) is 39.3 Å². The van der Waals surface area contributed by atoms with Crippen molar-refractivity contribution in [2.24, 2.45) is 0 Å². The third-order valence-corrected chi connectivity index (χ3v) is 4.13. The predicted octanol–water partition coefficient (Wildman–Crippen LogP) is 2.55. The van der Waals surface area contributed by atoms with Crippen LogP contribution in [-0.4, -0.2) is 34.8 Å². The monoisotopic (exact) mass is 365 g/mol. The molecule has 2 aromatic rings. The van der Waals surface area contributed by atoms with Gasteiger partial charge in [0, 0.05) is 6.20 Å². The average Bonchev–Trinajstić information content (AvgIpc) is 2.96. The van der Waals surface area contributed by atoms with E-state index in [9.17, 15) is 18.4 Å². The molecule has 1 heterocycles. The van der Waals surface area contributed by atoms with E-state index < -0.39 is 35.1 Å². The molecule has 6 nitrogen and oxygen atoms in total. The lowest BCUT2D eigenvalue weighted by molar-refractivity contribution is -0.145. The Bertz CT molecular complexity index is 826. The van der Waals surface area contributed by atoms with Crippen LogP contribution in [0.15, 0.2) is 24.4 Å². The van der Waals surface area contributed by atoms with Gasteiger partial charge in [-0.25, -0.2) is 13.6 Å². The molecule has 0 fully saturated rings. The van der Waals surface area contributed by atoms with Crippen LogP contribution in [0.2, 0.25) is 0 Å². The lowest BCUT2D eigenvalue weighted by Gasteiger charge is -2.25. The number of hydrogen-bond acceptors (Lipinski definition) is 4. The summed E-state index contributed by atoms with van der Waals surface area (Å²) in [6, 6.07) is 2.72. The fraction of sp³-hybridized carbons (Fsp3) is 0.389. The molecule has 140 valence electrons. The molecule has 0 aliphatic heterocycles. The fourth-order valence-corrected chi connectivity index (χ4v) is 2.43. The van der Waals surface area contributed by atoms with Crippen molar-refractivity contribution in [3.63, 3.8) is 0 Å². The Morgan fingerprint density at radius 2 is 1.85 bits per heavy atom. The normalized spacial score (nSPS) is 12.6. The number of methoxy groups -OCH3 is 1. The van der Waals surface area contributed by atoms with Gasteiger partial charge >= 0.3 is 5.97 Å². The zero-order chi connectivity index (χ0) is 19.6. The van der Waals surface area contributed by atoms with Gasteiger partial charge in [0.1, 0.15) is 28.9 Å². The van der Waals surface area contributed by atoms with E-state index in [0.717, 1.165) is 12.1 Å². The number of benzene rings is 1. The molecular weight excluding hydrogens is 344 g/mol. The van der Waals surface area contributed by atoms with Crippen LogP contribution in [-0.2, 0) is 19.9 Å². The van der Waals surface area contributed by atoms with Crippen LogP contribution in [0.5, 0.6) is 0 Å². The van der Waals surface area contributed by atoms with Crippen molar-refractivity contribution in [3.05, 3.63) is 41.6 Å². The van der Waals surface area contributed by atoms with Gasteiger partial charge in [-0.05, 0) is 45.4 Å². The standard InChI is InChI=1S/C18H21F2N3O3/c1-10-9-23(18(3,4)17(25)21-11(2)16(24)26-5)22-15(10)14-12(19)7-6-8-13(14)20/h6-9,11H,1-5H3,(H,21,25). The Labute approximate surface area is 150 Å². The highest BCUT2D eigenvalue weighted by Gasteiger charge is 2.34. The summed E-state index contributed by atoms with van der Waals surface area (Å²) < 4.78 is 34.0. The van der Waals surface area contributed by atoms with E-state index in [1.807, 2.05) is 0 Å². The van der Waals surface area contributed by atoms with Crippen LogP contribution in [0.3, 0.4) is 0 Å². The highest BCUT2D eigenvalue weighted by Crippen LogP contribution is 2.29. The minimum atomic E-state index is -1.20. The first kappa shape index (κ1) is 19.6. The number of carbonyl (C=O) groups excluding carboxylic acids is 2. The highest BCUT2D eigenvalue weighted by atomic mass is 19.1. The van der Waals surface area contributed by atoms with Gasteiger partial charge in [0.05, 0.1) is 12.7 Å². The van der Waals surface area contributed by atoms with E-state index in [2.05, 4.69) is 15.2 Å². The van der Waals surface area contributed by atoms with E-state index in [1.165, 1.54) is 31.0 Å². The number of ether oxygens (including phenoxy) is 1. The largest absolute Gasteiger partial charge is 0.467 e. The Hall–Kier alpha value is -2.77. The van der Waals surface area contributed by atoms with Crippen molar-refractivity contribution in [2.75, 3.05) is 7.11 Å². The minimum Gasteiger partial charge on any atom is -0.467 e. The molecule has 0 saturated heterocycles. The van der Waals surface area contributed by atoms with Gasteiger partial charge in [-0.2, -0.15) is 5.10 Å². The van der Waals surface area contributed by atoms with E-state index in [4.69, 9.17) is 0 Å². The molecule has 0 aliphatic carbocycles. The van der Waals surface area contributed by atoms with Gasteiger partial charge in [-0.3, -0.25) is 9.48 Å². The quantitative estimate of drug-likeness (QED) is 0.827. The van der Waals surface area contributed by atoms with Crippen molar-refractivity contribution in [1.82, 2.24) is 15.1 Å². The zero-order valence-electron chi connectivity index (χ0n) is 15.3. The molecule has 1 N–H and O–H groups in total. The maximum Gasteiger partial charge on any atom is 0.328 e. The number of aryl methyl sites for hydroxylation is 1. The van der Waals surface area contributed by atoms with Crippen LogP contribution in [0.25, 0.3) is 11.3 Å². The second kappa shape index (κ2) is 7.23. The van der Waals surface area contributed by atoms with Gasteiger partial charge in [0.25, 0.3) is 0 Å². The Kier molecular flexibility index (Phi) is 5.44. The molecule has 8 heteroatoms. The first-order chi connectivity index (χ1) is 12.1. The second-order valence-corrected chi connectivity index (χ2v) is 6.48. The summed E-state index contributed by atoms with van der Waals surface area (Å²) in [5, 5.41) is 6.76. The van der Waals surface area contributed by atoms with Crippen molar-refractivity contribution in [3.8, 4) is 11.3 Å². The molecule has 26 heavy (non-hydrogen) atoms. The number of hydrogen-bond donors (Lipinski definition) is 1. The van der Waals surface area contributed by atoms with E-state index in [0.29, 0.717) is 5.56 Å². The van der Waals surface area contributed by atoms with Gasteiger partial charge in [0.15, 0.2) is 0 Å². The molecule has 1 aromatic heterocycles. The lowest BCUT2D eigenvalue weighted by Crippen LogP contribution is -2.50. The minimum absolute atomic E-state index is 0.113. The number of nitrogens with zero attached hydrogens (tertiary/aromatic N) is 2. The number of esters is 1. The van der Waals surface area contributed by atoms with Gasteiger partial charge in [-0.1, -0.05) is 6.07 Å². The molecule has 0 saturated carbocycles. The number of aromatic nitrogens is 2. The van der Waals surface area contributed by atoms with Gasteiger partial charge in [0.2, 0.25) is 5.91 Å². The molecule has 0 spiro atoms. The average molecular weight is 365 g/mol. The number of amides is 1. The van der Waals surface area contributed by atoms with Crippen LogP contribution in [0.4, 0.5) is 8.78 Å². The van der Waals surface area contributed by atoms with Crippen LogP contribution >= 0.6 is 0 Å². The summed E-state index contributed by atoms with van der Waals surface area (Å²) in [4.78, 5) is 24.0. The first-order valence-corrected chi connectivity index (χ1v) is 7.99. The molecular formula is C18H21F2N3O3. The summed E-state index contributed by atoms with van der Waals surface area (Å²) in [7, 11) is 1.22. The number of halogens is 2. The van der Waals surface area contributed by atoms with E-state index in [-0.39, 0.29) is 11.3 Å². The summed E-state index contributed by atoms with van der Waals surface area (Å²) in [5.74, 6) is -2.54. The molecule has 1 unspecified atom stereocenters. The summed E-state index contributed by atoms with van der Waals surface area (Å²) in [6.07, 6.45) is 1.53. The molecule has 0 bridgehead atoms. The van der Waals surface area contributed by atoms with Crippen LogP contribution in [0, 0.1) is 18.6 Å². The summed E-state index contributed by atoms with van der Waals surface area (Å²) in [5.41, 5.74) is -0.825. The van der Waals surface area contributed by atoms with Gasteiger partial charge in [-0.15, -0.1) is 0 Å². The maximum absolute atomic E-state index is 14.1. The topological polar surface area (TPSA) is 73.2 Å². The Morgan fingerprint density at radius 3 is 2.38 bits per heavy atom.